The number of nitrogens with zero attached hydrogens (tertiary/aromatic N) is 2. The number of carbonyl (C=O) groups is 2. The molecule has 0 spiro atoms. The van der Waals surface area contributed by atoms with E-state index in [1.165, 1.54) is 25.0 Å². The maximum atomic E-state index is 12.8. The SMILES string of the molecule is CCCCC/C=C\C[C@@H](O)/C=C/C=C/C=C\[C@@H](O)CCCC(=O)OC[C@H](COP(=O)(O)OP(=O)(O)OC[C@H]1O[C@@H](n2ccc(N)nc2=O)[C@H](O)[C@@H]1O)OC(=O)CCCCCCCCC(C)CC. The van der Waals surface area contributed by atoms with Crippen molar-refractivity contribution in [2.24, 2.45) is 5.92 Å². The van der Waals surface area contributed by atoms with Crippen molar-refractivity contribution in [1.82, 2.24) is 9.55 Å². The molecule has 382 valence electrons. The molecule has 0 bridgehead atoms. The zero-order valence-corrected chi connectivity index (χ0v) is 40.9. The number of unbranched alkanes of at least 4 members (excludes halogenated alkanes) is 8. The van der Waals surface area contributed by atoms with E-state index in [1.807, 2.05) is 6.08 Å². The highest BCUT2D eigenvalue weighted by atomic mass is 31.3. The second-order valence-corrected chi connectivity index (χ2v) is 19.6. The predicted octanol–water partition coefficient (Wildman–Crippen LogP) is 6.40. The zero-order valence-electron chi connectivity index (χ0n) is 39.1. The third-order valence-electron chi connectivity index (χ3n) is 10.6. The number of phosphoric ester groups is 2. The number of aliphatic hydroxyl groups is 4. The number of phosphoric acid groups is 2. The number of esters is 2. The number of nitrogens with two attached hydrogens (primary N) is 1. The van der Waals surface area contributed by atoms with Crippen LogP contribution in [0.2, 0.25) is 0 Å². The molecule has 3 unspecified atom stereocenters. The molecule has 1 aromatic rings. The first-order valence-corrected chi connectivity index (χ1v) is 26.3. The van der Waals surface area contributed by atoms with E-state index < -0.39 is 95.9 Å². The van der Waals surface area contributed by atoms with Crippen LogP contribution in [0.1, 0.15) is 136 Å². The highest BCUT2D eigenvalue weighted by molar-refractivity contribution is 7.61. The quantitative estimate of drug-likeness (QED) is 0.0126. The van der Waals surface area contributed by atoms with Crippen LogP contribution in [0.5, 0.6) is 0 Å². The van der Waals surface area contributed by atoms with Gasteiger partial charge in [0.25, 0.3) is 0 Å². The second-order valence-electron chi connectivity index (χ2n) is 16.6. The number of aliphatic hydroxyl groups excluding tert-OH is 4. The minimum atomic E-state index is -5.47. The molecule has 1 aromatic heterocycles. The van der Waals surface area contributed by atoms with Gasteiger partial charge in [0, 0.05) is 19.0 Å². The Morgan fingerprint density at radius 1 is 0.836 bits per heavy atom. The number of hydrogen-bond donors (Lipinski definition) is 7. The van der Waals surface area contributed by atoms with Gasteiger partial charge in [0.05, 0.1) is 25.4 Å². The first kappa shape index (κ1) is 59.8. The van der Waals surface area contributed by atoms with Crippen molar-refractivity contribution >= 4 is 33.4 Å². The minimum absolute atomic E-state index is 0.00586. The van der Waals surface area contributed by atoms with E-state index in [4.69, 9.17) is 29.0 Å². The number of carbonyl (C=O) groups excluding carboxylic acids is 2. The fourth-order valence-electron chi connectivity index (χ4n) is 6.54. The molecule has 0 saturated carbocycles. The van der Waals surface area contributed by atoms with Crippen molar-refractivity contribution in [3.8, 4) is 0 Å². The van der Waals surface area contributed by atoms with Gasteiger partial charge in [-0.3, -0.25) is 23.2 Å². The van der Waals surface area contributed by atoms with E-state index in [9.17, 15) is 53.7 Å². The number of anilines is 1. The van der Waals surface area contributed by atoms with Crippen molar-refractivity contribution in [3.05, 3.63) is 71.4 Å². The number of allylic oxidation sites excluding steroid dienone is 5. The van der Waals surface area contributed by atoms with Crippen LogP contribution in [0.15, 0.2) is 65.7 Å². The number of hydrogen-bond acceptors (Lipinski definition) is 17. The molecule has 0 radical (unpaired) electrons. The van der Waals surface area contributed by atoms with Gasteiger partial charge in [-0.25, -0.2) is 13.9 Å². The lowest BCUT2D eigenvalue weighted by Gasteiger charge is -2.21. The third kappa shape index (κ3) is 26.8. The molecule has 8 N–H and O–H groups in total. The number of nitrogen functional groups attached to an aromatic ring is 1. The van der Waals surface area contributed by atoms with Crippen LogP contribution in [0.25, 0.3) is 0 Å². The minimum Gasteiger partial charge on any atom is -0.462 e. The van der Waals surface area contributed by atoms with Gasteiger partial charge in [-0.05, 0) is 50.5 Å². The van der Waals surface area contributed by atoms with Gasteiger partial charge in [0.2, 0.25) is 0 Å². The Morgan fingerprint density at radius 2 is 1.49 bits per heavy atom. The average Bonchev–Trinajstić information content (AvgIpc) is 3.55. The zero-order chi connectivity index (χ0) is 49.7. The smallest absolute Gasteiger partial charge is 0.462 e. The molecular formula is C45H75N3O17P2. The molecule has 1 saturated heterocycles. The topological polar surface area (TPSA) is 306 Å². The molecule has 1 aliphatic heterocycles. The summed E-state index contributed by atoms with van der Waals surface area (Å²) in [6.07, 6.45) is 18.7. The Labute approximate surface area is 394 Å². The van der Waals surface area contributed by atoms with Crippen molar-refractivity contribution in [2.75, 3.05) is 25.6 Å². The molecule has 20 nitrogen and oxygen atoms in total. The molecule has 22 heteroatoms. The second kappa shape index (κ2) is 33.2. The molecule has 67 heavy (non-hydrogen) atoms. The normalized spacial score (nSPS) is 21.4. The van der Waals surface area contributed by atoms with E-state index in [1.54, 1.807) is 30.4 Å². The molecule has 0 aliphatic carbocycles. The number of aromatic nitrogens is 2. The monoisotopic (exact) mass is 991 g/mol. The lowest BCUT2D eigenvalue weighted by molar-refractivity contribution is -0.161. The summed E-state index contributed by atoms with van der Waals surface area (Å²) in [6.45, 7) is 4.03. The highest BCUT2D eigenvalue weighted by Crippen LogP contribution is 2.60. The maximum absolute atomic E-state index is 12.8. The summed E-state index contributed by atoms with van der Waals surface area (Å²) < 4.78 is 56.3. The summed E-state index contributed by atoms with van der Waals surface area (Å²) in [5, 5.41) is 41.2. The average molecular weight is 992 g/mol. The van der Waals surface area contributed by atoms with Crippen LogP contribution < -0.4 is 11.4 Å². The fraction of sp³-hybridized carbons (Fsp3) is 0.689. The van der Waals surface area contributed by atoms with Crippen molar-refractivity contribution < 1.29 is 76.5 Å². The standard InChI is InChI=1S/C45H75N3O17P2/c1-4-6-7-8-12-17-23-35(49)24-18-14-15-19-25-36(50)26-21-28-40(51)60-31-37(63-41(52)27-20-13-10-9-11-16-22-34(3)5-2)32-61-66(56,57)65-67(58,59)62-33-38-42(53)43(54)44(64-38)48-30-29-39(46)47-45(48)55/h12,14-15,17-19,24-25,29-30,34-38,42-44,49-50,53-54H,4-11,13,16,20-23,26-28,31-33H2,1-3H3,(H,56,57)(H,58,59)(H2,46,47,55)/b15-14+,17-12-,24-18+,25-19-/t34?,35-,36-,37-,38-,42-,43-,44-/m1/s1. The molecule has 0 amide bonds. The molecule has 1 fully saturated rings. The molecule has 2 heterocycles. The number of rotatable bonds is 36. The molecule has 2 rings (SSSR count). The first-order valence-electron chi connectivity index (χ1n) is 23.3. The van der Waals surface area contributed by atoms with Gasteiger partial charge in [-0.15, -0.1) is 0 Å². The summed E-state index contributed by atoms with van der Waals surface area (Å²) in [4.78, 5) is 61.7. The highest BCUT2D eigenvalue weighted by Gasteiger charge is 2.46. The third-order valence-corrected chi connectivity index (χ3v) is 13.2. The van der Waals surface area contributed by atoms with Gasteiger partial charge < -0.3 is 50.2 Å². The van der Waals surface area contributed by atoms with Crippen LogP contribution in [0, 0.1) is 5.92 Å². The van der Waals surface area contributed by atoms with Crippen molar-refractivity contribution in [1.29, 1.82) is 0 Å². The summed E-state index contributed by atoms with van der Waals surface area (Å²) in [5.74, 6) is -0.872. The molecular weight excluding hydrogens is 916 g/mol. The van der Waals surface area contributed by atoms with Crippen LogP contribution >= 0.6 is 15.6 Å². The van der Waals surface area contributed by atoms with Gasteiger partial charge >= 0.3 is 33.3 Å². The van der Waals surface area contributed by atoms with Crippen LogP contribution in [0.4, 0.5) is 5.82 Å². The van der Waals surface area contributed by atoms with E-state index in [-0.39, 0.29) is 31.5 Å². The molecule has 1 aliphatic rings. The van der Waals surface area contributed by atoms with Gasteiger partial charge in [-0.1, -0.05) is 127 Å². The first-order chi connectivity index (χ1) is 31.9. The fourth-order valence-corrected chi connectivity index (χ4v) is 8.65. The molecule has 0 aromatic carbocycles. The van der Waals surface area contributed by atoms with Crippen LogP contribution in [-0.2, 0) is 46.3 Å². The summed E-state index contributed by atoms with van der Waals surface area (Å²) in [7, 11) is -10.9. The maximum Gasteiger partial charge on any atom is 0.481 e. The Bertz CT molecular complexity index is 1860. The number of ether oxygens (including phenoxy) is 3. The van der Waals surface area contributed by atoms with Gasteiger partial charge in [-0.2, -0.15) is 9.29 Å². The van der Waals surface area contributed by atoms with E-state index in [2.05, 4.69) is 36.1 Å². The van der Waals surface area contributed by atoms with E-state index in [0.717, 1.165) is 68.6 Å². The summed E-state index contributed by atoms with van der Waals surface area (Å²) >= 11 is 0. The Hall–Kier alpha value is -3.36. The van der Waals surface area contributed by atoms with Crippen LogP contribution in [-0.4, -0.2) is 108 Å². The Balaban J connectivity index is 1.89. The molecule has 10 atom stereocenters. The van der Waals surface area contributed by atoms with E-state index >= 15 is 0 Å². The van der Waals surface area contributed by atoms with Crippen molar-refractivity contribution in [2.45, 2.75) is 173 Å². The van der Waals surface area contributed by atoms with E-state index in [0.29, 0.717) is 18.8 Å². The van der Waals surface area contributed by atoms with Crippen LogP contribution in [0.3, 0.4) is 0 Å². The Kier molecular flexibility index (Phi) is 29.6. The Morgan fingerprint density at radius 3 is 2.18 bits per heavy atom. The lowest BCUT2D eigenvalue weighted by atomic mass is 10.00. The largest absolute Gasteiger partial charge is 0.481 e. The van der Waals surface area contributed by atoms with Gasteiger partial charge in [0.15, 0.2) is 12.3 Å². The summed E-state index contributed by atoms with van der Waals surface area (Å²) in [5.41, 5.74) is 4.55. The lowest BCUT2D eigenvalue weighted by Crippen LogP contribution is -2.36. The predicted molar refractivity (Wildman–Crippen MR) is 250 cm³/mol. The van der Waals surface area contributed by atoms with Gasteiger partial charge in [0.1, 0.15) is 30.7 Å². The summed E-state index contributed by atoms with van der Waals surface area (Å²) in [6, 6.07) is 1.23. The van der Waals surface area contributed by atoms with Crippen molar-refractivity contribution in [3.63, 3.8) is 0 Å².